The number of para-hydroxylation sites is 2. The van der Waals surface area contributed by atoms with Crippen molar-refractivity contribution >= 4 is 5.69 Å². The third-order valence-electron chi connectivity index (χ3n) is 3.09. The van der Waals surface area contributed by atoms with Crippen LogP contribution in [0.5, 0.6) is 0 Å². The fraction of sp³-hybridized carbons (Fsp3) is 0.0625. The standard InChI is InChI=1S/C16H13F2N3/c17-13-7-12(8-14(18)9-13)10-20-15-3-1-2-4-16(15)21-6-5-19-11-21/h1-9,11,20H,10H2. The van der Waals surface area contributed by atoms with Crippen LogP contribution in [-0.2, 0) is 6.54 Å². The van der Waals surface area contributed by atoms with E-state index in [1.54, 1.807) is 12.5 Å². The number of rotatable bonds is 4. The van der Waals surface area contributed by atoms with Crippen LogP contribution in [0, 0.1) is 11.6 Å². The number of anilines is 1. The first-order chi connectivity index (χ1) is 10.2. The van der Waals surface area contributed by atoms with Crippen LogP contribution in [-0.4, -0.2) is 9.55 Å². The zero-order valence-corrected chi connectivity index (χ0v) is 11.1. The lowest BCUT2D eigenvalue weighted by Crippen LogP contribution is -2.04. The van der Waals surface area contributed by atoms with Crippen molar-refractivity contribution in [2.24, 2.45) is 0 Å². The van der Waals surface area contributed by atoms with Crippen LogP contribution < -0.4 is 5.32 Å². The van der Waals surface area contributed by atoms with Gasteiger partial charge in [-0.3, -0.25) is 0 Å². The molecule has 0 aliphatic rings. The molecule has 0 atom stereocenters. The van der Waals surface area contributed by atoms with Crippen molar-refractivity contribution in [3.8, 4) is 5.69 Å². The zero-order valence-electron chi connectivity index (χ0n) is 11.1. The van der Waals surface area contributed by atoms with E-state index in [4.69, 9.17) is 0 Å². The Bertz CT molecular complexity index is 719. The highest BCUT2D eigenvalue weighted by molar-refractivity contribution is 5.61. The van der Waals surface area contributed by atoms with Crippen molar-refractivity contribution in [2.45, 2.75) is 6.54 Å². The van der Waals surface area contributed by atoms with Crippen molar-refractivity contribution in [1.29, 1.82) is 0 Å². The maximum absolute atomic E-state index is 13.2. The number of hydrogen-bond acceptors (Lipinski definition) is 2. The Hall–Kier alpha value is -2.69. The molecule has 5 heteroatoms. The third-order valence-corrected chi connectivity index (χ3v) is 3.09. The van der Waals surface area contributed by atoms with Gasteiger partial charge in [-0.1, -0.05) is 12.1 Å². The minimum Gasteiger partial charge on any atom is -0.379 e. The van der Waals surface area contributed by atoms with Gasteiger partial charge < -0.3 is 9.88 Å². The molecule has 1 aromatic heterocycles. The fourth-order valence-electron chi connectivity index (χ4n) is 2.16. The molecule has 0 spiro atoms. The van der Waals surface area contributed by atoms with Crippen molar-refractivity contribution in [2.75, 3.05) is 5.32 Å². The second-order valence-electron chi connectivity index (χ2n) is 4.62. The number of nitrogens with one attached hydrogen (secondary N) is 1. The highest BCUT2D eigenvalue weighted by atomic mass is 19.1. The summed E-state index contributed by atoms with van der Waals surface area (Å²) in [6.45, 7) is 0.334. The number of halogens is 2. The van der Waals surface area contributed by atoms with E-state index in [2.05, 4.69) is 10.3 Å². The van der Waals surface area contributed by atoms with Gasteiger partial charge in [0.05, 0.1) is 17.7 Å². The number of imidazole rings is 1. The maximum atomic E-state index is 13.2. The monoisotopic (exact) mass is 285 g/mol. The van der Waals surface area contributed by atoms with E-state index in [1.165, 1.54) is 12.1 Å². The lowest BCUT2D eigenvalue weighted by atomic mass is 10.2. The Labute approximate surface area is 120 Å². The molecule has 106 valence electrons. The molecule has 0 aliphatic carbocycles. The van der Waals surface area contributed by atoms with Crippen LogP contribution in [0.25, 0.3) is 5.69 Å². The second kappa shape index (κ2) is 5.75. The lowest BCUT2D eigenvalue weighted by Gasteiger charge is -2.12. The molecule has 0 saturated carbocycles. The summed E-state index contributed by atoms with van der Waals surface area (Å²) >= 11 is 0. The smallest absolute Gasteiger partial charge is 0.126 e. The summed E-state index contributed by atoms with van der Waals surface area (Å²) in [5.41, 5.74) is 2.33. The van der Waals surface area contributed by atoms with Crippen molar-refractivity contribution in [3.05, 3.63) is 78.4 Å². The Kier molecular flexibility index (Phi) is 3.64. The number of hydrogen-bond donors (Lipinski definition) is 1. The Morgan fingerprint density at radius 2 is 1.81 bits per heavy atom. The van der Waals surface area contributed by atoms with E-state index in [0.29, 0.717) is 12.1 Å². The molecule has 1 heterocycles. The largest absolute Gasteiger partial charge is 0.379 e. The van der Waals surface area contributed by atoms with E-state index in [1.807, 2.05) is 35.0 Å². The van der Waals surface area contributed by atoms with Gasteiger partial charge in [0, 0.05) is 25.0 Å². The van der Waals surface area contributed by atoms with Gasteiger partial charge in [-0.15, -0.1) is 0 Å². The minimum absolute atomic E-state index is 0.334. The van der Waals surface area contributed by atoms with Gasteiger partial charge in [0.25, 0.3) is 0 Å². The van der Waals surface area contributed by atoms with E-state index in [-0.39, 0.29) is 0 Å². The normalized spacial score (nSPS) is 10.6. The van der Waals surface area contributed by atoms with E-state index in [9.17, 15) is 8.78 Å². The SMILES string of the molecule is Fc1cc(F)cc(CNc2ccccc2-n2ccnc2)c1. The molecule has 1 N–H and O–H groups in total. The maximum Gasteiger partial charge on any atom is 0.126 e. The lowest BCUT2D eigenvalue weighted by molar-refractivity contribution is 0.580. The molecular formula is C16H13F2N3. The molecule has 0 radical (unpaired) electrons. The Morgan fingerprint density at radius 1 is 1.05 bits per heavy atom. The van der Waals surface area contributed by atoms with Crippen LogP contribution in [0.4, 0.5) is 14.5 Å². The van der Waals surface area contributed by atoms with E-state index < -0.39 is 11.6 Å². The number of nitrogens with zero attached hydrogens (tertiary/aromatic N) is 2. The second-order valence-corrected chi connectivity index (χ2v) is 4.62. The first-order valence-corrected chi connectivity index (χ1v) is 6.48. The van der Waals surface area contributed by atoms with Gasteiger partial charge >= 0.3 is 0 Å². The molecule has 0 fully saturated rings. The molecule has 0 bridgehead atoms. The molecule has 0 saturated heterocycles. The van der Waals surface area contributed by atoms with Crippen molar-refractivity contribution in [1.82, 2.24) is 9.55 Å². The Balaban J connectivity index is 1.82. The fourth-order valence-corrected chi connectivity index (χ4v) is 2.16. The molecule has 0 unspecified atom stereocenters. The summed E-state index contributed by atoms with van der Waals surface area (Å²) in [4.78, 5) is 4.02. The molecule has 0 amide bonds. The molecule has 3 rings (SSSR count). The van der Waals surface area contributed by atoms with Gasteiger partial charge in [-0.25, -0.2) is 13.8 Å². The quantitative estimate of drug-likeness (QED) is 0.791. The van der Waals surface area contributed by atoms with Gasteiger partial charge in [-0.2, -0.15) is 0 Å². The van der Waals surface area contributed by atoms with Crippen LogP contribution in [0.1, 0.15) is 5.56 Å². The Morgan fingerprint density at radius 3 is 2.52 bits per heavy atom. The first-order valence-electron chi connectivity index (χ1n) is 6.48. The van der Waals surface area contributed by atoms with E-state index in [0.717, 1.165) is 17.4 Å². The van der Waals surface area contributed by atoms with Crippen LogP contribution in [0.2, 0.25) is 0 Å². The van der Waals surface area contributed by atoms with Gasteiger partial charge in [0.15, 0.2) is 0 Å². The van der Waals surface area contributed by atoms with Crippen LogP contribution in [0.3, 0.4) is 0 Å². The molecule has 2 aromatic carbocycles. The van der Waals surface area contributed by atoms with Crippen molar-refractivity contribution < 1.29 is 8.78 Å². The summed E-state index contributed by atoms with van der Waals surface area (Å²) in [6.07, 6.45) is 5.23. The number of aromatic nitrogens is 2. The van der Waals surface area contributed by atoms with E-state index >= 15 is 0 Å². The average Bonchev–Trinajstić information content (AvgIpc) is 2.98. The minimum atomic E-state index is -0.574. The number of benzene rings is 2. The molecule has 21 heavy (non-hydrogen) atoms. The molecule has 0 aliphatic heterocycles. The molecular weight excluding hydrogens is 272 g/mol. The first kappa shape index (κ1) is 13.3. The van der Waals surface area contributed by atoms with Gasteiger partial charge in [0.1, 0.15) is 11.6 Å². The average molecular weight is 285 g/mol. The highest BCUT2D eigenvalue weighted by Gasteiger charge is 2.05. The zero-order chi connectivity index (χ0) is 14.7. The summed E-state index contributed by atoms with van der Waals surface area (Å²) in [7, 11) is 0. The summed E-state index contributed by atoms with van der Waals surface area (Å²) in [6, 6.07) is 11.2. The summed E-state index contributed by atoms with van der Waals surface area (Å²) in [5, 5.41) is 3.19. The highest BCUT2D eigenvalue weighted by Crippen LogP contribution is 2.20. The predicted octanol–water partition coefficient (Wildman–Crippen LogP) is 3.76. The van der Waals surface area contributed by atoms with Gasteiger partial charge in [0.2, 0.25) is 0 Å². The molecule has 3 nitrogen and oxygen atoms in total. The molecule has 3 aromatic rings. The summed E-state index contributed by atoms with van der Waals surface area (Å²) < 4.78 is 28.2. The van der Waals surface area contributed by atoms with Gasteiger partial charge in [-0.05, 0) is 29.8 Å². The van der Waals surface area contributed by atoms with Crippen LogP contribution in [0.15, 0.2) is 61.2 Å². The van der Waals surface area contributed by atoms with Crippen LogP contribution >= 0.6 is 0 Å². The van der Waals surface area contributed by atoms with Crippen molar-refractivity contribution in [3.63, 3.8) is 0 Å². The summed E-state index contributed by atoms with van der Waals surface area (Å²) in [5.74, 6) is -1.15. The predicted molar refractivity (Wildman–Crippen MR) is 77.2 cm³/mol. The topological polar surface area (TPSA) is 29.9 Å². The third kappa shape index (κ3) is 3.08.